The predicted octanol–water partition coefficient (Wildman–Crippen LogP) is 2.02. The Balaban J connectivity index is 1.98. The SMILES string of the molecule is N#Cc1ccc(NCCC2CCCN2)c([N+](=O)[O-])c1. The summed E-state index contributed by atoms with van der Waals surface area (Å²) in [5, 5.41) is 26.2. The zero-order valence-electron chi connectivity index (χ0n) is 10.6. The second kappa shape index (κ2) is 6.16. The zero-order chi connectivity index (χ0) is 13.7. The normalized spacial score (nSPS) is 17.9. The van der Waals surface area contributed by atoms with Crippen molar-refractivity contribution in [2.45, 2.75) is 25.3 Å². The maximum Gasteiger partial charge on any atom is 0.293 e. The number of nitriles is 1. The lowest BCUT2D eigenvalue weighted by Gasteiger charge is -2.11. The second-order valence-electron chi connectivity index (χ2n) is 4.61. The fourth-order valence-corrected chi connectivity index (χ4v) is 2.29. The zero-order valence-corrected chi connectivity index (χ0v) is 10.6. The molecule has 2 rings (SSSR count). The van der Waals surface area contributed by atoms with Gasteiger partial charge in [0.15, 0.2) is 0 Å². The maximum atomic E-state index is 11.0. The van der Waals surface area contributed by atoms with Crippen LogP contribution in [-0.4, -0.2) is 24.1 Å². The van der Waals surface area contributed by atoms with E-state index < -0.39 is 4.92 Å². The van der Waals surface area contributed by atoms with Crippen LogP contribution < -0.4 is 10.6 Å². The Morgan fingerprint density at radius 1 is 1.58 bits per heavy atom. The third-order valence-electron chi connectivity index (χ3n) is 3.29. The van der Waals surface area contributed by atoms with Crippen LogP contribution in [-0.2, 0) is 0 Å². The van der Waals surface area contributed by atoms with Crippen LogP contribution in [0.25, 0.3) is 0 Å². The molecule has 1 aromatic carbocycles. The highest BCUT2D eigenvalue weighted by molar-refractivity contribution is 5.64. The minimum Gasteiger partial charge on any atom is -0.379 e. The minimum absolute atomic E-state index is 0.0431. The molecule has 6 nitrogen and oxygen atoms in total. The Kier molecular flexibility index (Phi) is 4.31. The molecule has 1 fully saturated rings. The van der Waals surface area contributed by atoms with Crippen LogP contribution in [0.15, 0.2) is 18.2 Å². The molecule has 0 spiro atoms. The van der Waals surface area contributed by atoms with E-state index in [4.69, 9.17) is 5.26 Å². The van der Waals surface area contributed by atoms with Crippen molar-refractivity contribution in [2.24, 2.45) is 0 Å². The van der Waals surface area contributed by atoms with Gasteiger partial charge in [0, 0.05) is 18.7 Å². The summed E-state index contributed by atoms with van der Waals surface area (Å²) in [5.41, 5.74) is 0.732. The van der Waals surface area contributed by atoms with E-state index in [0.717, 1.165) is 19.4 Å². The largest absolute Gasteiger partial charge is 0.379 e. The van der Waals surface area contributed by atoms with Crippen molar-refractivity contribution in [3.63, 3.8) is 0 Å². The van der Waals surface area contributed by atoms with Crippen molar-refractivity contribution in [2.75, 3.05) is 18.4 Å². The average Bonchev–Trinajstić information content (AvgIpc) is 2.92. The summed E-state index contributed by atoms with van der Waals surface area (Å²) >= 11 is 0. The lowest BCUT2D eigenvalue weighted by Crippen LogP contribution is -2.24. The highest BCUT2D eigenvalue weighted by Gasteiger charge is 2.16. The molecule has 6 heteroatoms. The number of benzene rings is 1. The molecule has 1 atom stereocenters. The topological polar surface area (TPSA) is 91.0 Å². The number of rotatable bonds is 5. The van der Waals surface area contributed by atoms with E-state index in [1.54, 1.807) is 12.1 Å². The number of nitrogens with zero attached hydrogens (tertiary/aromatic N) is 2. The first-order valence-corrected chi connectivity index (χ1v) is 6.36. The summed E-state index contributed by atoms with van der Waals surface area (Å²) in [6.07, 6.45) is 3.30. The molecule has 2 N–H and O–H groups in total. The van der Waals surface area contributed by atoms with E-state index >= 15 is 0 Å². The van der Waals surface area contributed by atoms with E-state index in [2.05, 4.69) is 10.6 Å². The van der Waals surface area contributed by atoms with Gasteiger partial charge in [-0.05, 0) is 37.9 Å². The number of nitro benzene ring substituents is 1. The summed E-state index contributed by atoms with van der Waals surface area (Å²) in [5.74, 6) is 0. The van der Waals surface area contributed by atoms with Crippen molar-refractivity contribution >= 4 is 11.4 Å². The third-order valence-corrected chi connectivity index (χ3v) is 3.29. The summed E-state index contributed by atoms with van der Waals surface area (Å²) in [6.45, 7) is 1.74. The van der Waals surface area contributed by atoms with Crippen LogP contribution in [0.5, 0.6) is 0 Å². The van der Waals surface area contributed by atoms with Gasteiger partial charge in [-0.3, -0.25) is 10.1 Å². The molecule has 1 aliphatic rings. The monoisotopic (exact) mass is 260 g/mol. The van der Waals surface area contributed by atoms with Crippen molar-refractivity contribution in [3.8, 4) is 6.07 Å². The average molecular weight is 260 g/mol. The van der Waals surface area contributed by atoms with Crippen molar-refractivity contribution in [1.82, 2.24) is 5.32 Å². The molecular formula is C13H16N4O2. The first-order chi connectivity index (χ1) is 9.20. The van der Waals surface area contributed by atoms with Crippen LogP contribution in [0, 0.1) is 21.4 Å². The number of anilines is 1. The Bertz CT molecular complexity index is 504. The first kappa shape index (κ1) is 13.3. The predicted molar refractivity (Wildman–Crippen MR) is 71.9 cm³/mol. The fraction of sp³-hybridized carbons (Fsp3) is 0.462. The number of nitro groups is 1. The Morgan fingerprint density at radius 3 is 3.05 bits per heavy atom. The van der Waals surface area contributed by atoms with Crippen LogP contribution in [0.3, 0.4) is 0 Å². The number of hydrogen-bond acceptors (Lipinski definition) is 5. The van der Waals surface area contributed by atoms with E-state index in [0.29, 0.717) is 23.8 Å². The summed E-state index contributed by atoms with van der Waals surface area (Å²) in [4.78, 5) is 10.5. The van der Waals surface area contributed by atoms with E-state index in [1.807, 2.05) is 6.07 Å². The summed E-state index contributed by atoms with van der Waals surface area (Å²) in [6, 6.07) is 6.90. The van der Waals surface area contributed by atoms with Gasteiger partial charge in [-0.25, -0.2) is 0 Å². The van der Waals surface area contributed by atoms with Gasteiger partial charge in [0.1, 0.15) is 5.69 Å². The third kappa shape index (κ3) is 3.42. The van der Waals surface area contributed by atoms with Gasteiger partial charge in [0.05, 0.1) is 16.6 Å². The molecule has 1 saturated heterocycles. The highest BCUT2D eigenvalue weighted by atomic mass is 16.6. The van der Waals surface area contributed by atoms with Crippen molar-refractivity contribution < 1.29 is 4.92 Å². The molecule has 0 aliphatic carbocycles. The maximum absolute atomic E-state index is 11.0. The lowest BCUT2D eigenvalue weighted by molar-refractivity contribution is -0.384. The first-order valence-electron chi connectivity index (χ1n) is 6.36. The van der Waals surface area contributed by atoms with Gasteiger partial charge < -0.3 is 10.6 Å². The summed E-state index contributed by atoms with van der Waals surface area (Å²) < 4.78 is 0. The molecule has 0 radical (unpaired) electrons. The molecule has 0 bridgehead atoms. The molecule has 0 amide bonds. The molecule has 0 saturated carbocycles. The Labute approximate surface area is 111 Å². The van der Waals surface area contributed by atoms with Gasteiger partial charge in [-0.15, -0.1) is 0 Å². The molecule has 1 aliphatic heterocycles. The van der Waals surface area contributed by atoms with Crippen LogP contribution in [0.2, 0.25) is 0 Å². The van der Waals surface area contributed by atoms with Crippen molar-refractivity contribution in [1.29, 1.82) is 5.26 Å². The number of hydrogen-bond donors (Lipinski definition) is 2. The standard InChI is InChI=1S/C13H16N4O2/c14-9-10-3-4-12(13(8-10)17(18)19)16-7-5-11-2-1-6-15-11/h3-4,8,11,15-16H,1-2,5-7H2. The highest BCUT2D eigenvalue weighted by Crippen LogP contribution is 2.25. The van der Waals surface area contributed by atoms with Crippen molar-refractivity contribution in [3.05, 3.63) is 33.9 Å². The minimum atomic E-state index is -0.461. The van der Waals surface area contributed by atoms with Gasteiger partial charge in [-0.1, -0.05) is 0 Å². The van der Waals surface area contributed by atoms with Crippen LogP contribution in [0.4, 0.5) is 11.4 Å². The van der Waals surface area contributed by atoms with E-state index in [-0.39, 0.29) is 5.69 Å². The molecule has 100 valence electrons. The van der Waals surface area contributed by atoms with Gasteiger partial charge in [-0.2, -0.15) is 5.26 Å². The van der Waals surface area contributed by atoms with Crippen LogP contribution in [0.1, 0.15) is 24.8 Å². The van der Waals surface area contributed by atoms with E-state index in [9.17, 15) is 10.1 Å². The Hall–Kier alpha value is -2.13. The molecule has 1 unspecified atom stereocenters. The smallest absolute Gasteiger partial charge is 0.293 e. The second-order valence-corrected chi connectivity index (χ2v) is 4.61. The number of nitrogens with one attached hydrogen (secondary N) is 2. The van der Waals surface area contributed by atoms with Crippen LogP contribution >= 0.6 is 0 Å². The quantitative estimate of drug-likeness (QED) is 0.624. The molecular weight excluding hydrogens is 244 g/mol. The van der Waals surface area contributed by atoms with Gasteiger partial charge in [0.2, 0.25) is 0 Å². The summed E-state index contributed by atoms with van der Waals surface area (Å²) in [7, 11) is 0. The molecule has 1 aromatic rings. The van der Waals surface area contributed by atoms with E-state index in [1.165, 1.54) is 12.5 Å². The van der Waals surface area contributed by atoms with Gasteiger partial charge in [0.25, 0.3) is 5.69 Å². The molecule has 0 aromatic heterocycles. The van der Waals surface area contributed by atoms with Gasteiger partial charge >= 0.3 is 0 Å². The fourth-order valence-electron chi connectivity index (χ4n) is 2.29. The molecule has 1 heterocycles. The molecule has 19 heavy (non-hydrogen) atoms. The lowest BCUT2D eigenvalue weighted by atomic mass is 10.1. The Morgan fingerprint density at radius 2 is 2.42 bits per heavy atom.